The predicted molar refractivity (Wildman–Crippen MR) is 76.2 cm³/mol. The standard InChI is InChI=1S/C15H30N2O/c1-8-15(6,7)9-17-13(11(4)5)16-12(10(2)3)14(17)18/h10-13,16H,8-9H2,1-7H3. The number of carbonyl (C=O) groups excluding carboxylic acids is 1. The first-order chi connectivity index (χ1) is 8.19. The van der Waals surface area contributed by atoms with Crippen LogP contribution in [0.15, 0.2) is 0 Å². The summed E-state index contributed by atoms with van der Waals surface area (Å²) >= 11 is 0. The Morgan fingerprint density at radius 1 is 1.22 bits per heavy atom. The Labute approximate surface area is 112 Å². The van der Waals surface area contributed by atoms with Crippen molar-refractivity contribution in [3.05, 3.63) is 0 Å². The molecule has 2 unspecified atom stereocenters. The van der Waals surface area contributed by atoms with E-state index in [-0.39, 0.29) is 23.5 Å². The van der Waals surface area contributed by atoms with Crippen LogP contribution in [-0.4, -0.2) is 29.6 Å². The molecule has 0 saturated carbocycles. The van der Waals surface area contributed by atoms with Gasteiger partial charge in [-0.3, -0.25) is 10.1 Å². The van der Waals surface area contributed by atoms with Crippen molar-refractivity contribution in [2.45, 2.75) is 67.1 Å². The first kappa shape index (κ1) is 15.5. The van der Waals surface area contributed by atoms with Crippen molar-refractivity contribution >= 4 is 5.91 Å². The van der Waals surface area contributed by atoms with Gasteiger partial charge in [0.15, 0.2) is 0 Å². The van der Waals surface area contributed by atoms with Crippen LogP contribution in [0.5, 0.6) is 0 Å². The zero-order valence-electron chi connectivity index (χ0n) is 13.1. The second-order valence-electron chi connectivity index (χ2n) is 7.06. The molecule has 1 saturated heterocycles. The summed E-state index contributed by atoms with van der Waals surface area (Å²) in [5, 5.41) is 3.51. The van der Waals surface area contributed by atoms with Gasteiger partial charge in [-0.05, 0) is 23.7 Å². The number of amides is 1. The summed E-state index contributed by atoms with van der Waals surface area (Å²) in [6.45, 7) is 16.1. The number of hydrogen-bond donors (Lipinski definition) is 1. The van der Waals surface area contributed by atoms with Gasteiger partial charge >= 0.3 is 0 Å². The minimum absolute atomic E-state index is 0.00921. The minimum Gasteiger partial charge on any atom is -0.325 e. The zero-order valence-corrected chi connectivity index (χ0v) is 13.1. The Kier molecular flexibility index (Phi) is 4.82. The third kappa shape index (κ3) is 3.25. The molecule has 3 nitrogen and oxygen atoms in total. The Morgan fingerprint density at radius 2 is 1.78 bits per heavy atom. The summed E-state index contributed by atoms with van der Waals surface area (Å²) in [6.07, 6.45) is 1.28. The highest BCUT2D eigenvalue weighted by molar-refractivity contribution is 5.84. The van der Waals surface area contributed by atoms with Gasteiger partial charge in [0.1, 0.15) is 0 Å². The smallest absolute Gasteiger partial charge is 0.241 e. The van der Waals surface area contributed by atoms with Crippen molar-refractivity contribution in [1.29, 1.82) is 0 Å². The Bertz CT molecular complexity index is 297. The van der Waals surface area contributed by atoms with E-state index < -0.39 is 0 Å². The molecule has 1 heterocycles. The average Bonchev–Trinajstić information content (AvgIpc) is 2.56. The van der Waals surface area contributed by atoms with Gasteiger partial charge in [-0.25, -0.2) is 0 Å². The van der Waals surface area contributed by atoms with Gasteiger partial charge in [-0.1, -0.05) is 48.5 Å². The lowest BCUT2D eigenvalue weighted by Gasteiger charge is -2.34. The van der Waals surface area contributed by atoms with Crippen LogP contribution in [0.3, 0.4) is 0 Å². The molecule has 0 aliphatic carbocycles. The SMILES string of the molecule is CCC(C)(C)CN1C(=O)C(C(C)C)NC1C(C)C. The molecule has 1 N–H and O–H groups in total. The van der Waals surface area contributed by atoms with E-state index in [1.807, 2.05) is 0 Å². The molecule has 1 amide bonds. The van der Waals surface area contributed by atoms with Crippen LogP contribution in [0.25, 0.3) is 0 Å². The number of carbonyl (C=O) groups is 1. The molecule has 0 aromatic heterocycles. The maximum absolute atomic E-state index is 12.5. The van der Waals surface area contributed by atoms with Crippen LogP contribution < -0.4 is 5.32 Å². The molecule has 106 valence electrons. The van der Waals surface area contributed by atoms with E-state index in [2.05, 4.69) is 58.7 Å². The number of nitrogens with one attached hydrogen (secondary N) is 1. The van der Waals surface area contributed by atoms with Gasteiger partial charge in [-0.2, -0.15) is 0 Å². The summed E-state index contributed by atoms with van der Waals surface area (Å²) in [5.41, 5.74) is 0.191. The van der Waals surface area contributed by atoms with Crippen molar-refractivity contribution in [3.63, 3.8) is 0 Å². The topological polar surface area (TPSA) is 32.3 Å². The maximum Gasteiger partial charge on any atom is 0.241 e. The molecule has 0 bridgehead atoms. The number of rotatable bonds is 5. The van der Waals surface area contributed by atoms with E-state index >= 15 is 0 Å². The quantitative estimate of drug-likeness (QED) is 0.818. The van der Waals surface area contributed by atoms with Crippen LogP contribution >= 0.6 is 0 Å². The van der Waals surface area contributed by atoms with Crippen molar-refractivity contribution in [2.75, 3.05) is 6.54 Å². The third-order valence-corrected chi connectivity index (χ3v) is 4.09. The second-order valence-corrected chi connectivity index (χ2v) is 7.06. The Hall–Kier alpha value is -0.570. The molecule has 2 atom stereocenters. The molecule has 0 aromatic rings. The fraction of sp³-hybridized carbons (Fsp3) is 0.933. The van der Waals surface area contributed by atoms with Crippen LogP contribution in [0.1, 0.15) is 54.9 Å². The van der Waals surface area contributed by atoms with Crippen LogP contribution in [0.4, 0.5) is 0 Å². The normalized spacial score (nSPS) is 25.6. The summed E-state index contributed by atoms with van der Waals surface area (Å²) in [7, 11) is 0. The summed E-state index contributed by atoms with van der Waals surface area (Å²) in [4.78, 5) is 14.6. The van der Waals surface area contributed by atoms with Gasteiger partial charge in [0.2, 0.25) is 5.91 Å². The molecule has 18 heavy (non-hydrogen) atoms. The maximum atomic E-state index is 12.5. The highest BCUT2D eigenvalue weighted by Crippen LogP contribution is 2.28. The molecule has 1 aliphatic heterocycles. The monoisotopic (exact) mass is 254 g/mol. The van der Waals surface area contributed by atoms with Gasteiger partial charge in [0.25, 0.3) is 0 Å². The molecule has 1 rings (SSSR count). The number of hydrogen-bond acceptors (Lipinski definition) is 2. The van der Waals surface area contributed by atoms with Gasteiger partial charge in [0.05, 0.1) is 12.2 Å². The second kappa shape index (κ2) is 5.60. The van der Waals surface area contributed by atoms with E-state index in [9.17, 15) is 4.79 Å². The van der Waals surface area contributed by atoms with E-state index in [4.69, 9.17) is 0 Å². The van der Waals surface area contributed by atoms with Crippen LogP contribution in [-0.2, 0) is 4.79 Å². The van der Waals surface area contributed by atoms with E-state index in [1.165, 1.54) is 0 Å². The van der Waals surface area contributed by atoms with E-state index in [0.29, 0.717) is 11.8 Å². The van der Waals surface area contributed by atoms with Crippen molar-refractivity contribution < 1.29 is 4.79 Å². The highest BCUT2D eigenvalue weighted by atomic mass is 16.2. The summed E-state index contributed by atoms with van der Waals surface area (Å²) in [5.74, 6) is 1.09. The fourth-order valence-corrected chi connectivity index (χ4v) is 2.44. The zero-order chi connectivity index (χ0) is 14.1. The third-order valence-electron chi connectivity index (χ3n) is 4.09. The van der Waals surface area contributed by atoms with Crippen LogP contribution in [0, 0.1) is 17.3 Å². The molecule has 3 heteroatoms. The molecule has 1 fully saturated rings. The van der Waals surface area contributed by atoms with Crippen molar-refractivity contribution in [2.24, 2.45) is 17.3 Å². The largest absolute Gasteiger partial charge is 0.325 e. The lowest BCUT2D eigenvalue weighted by Crippen LogP contribution is -2.45. The fourth-order valence-electron chi connectivity index (χ4n) is 2.44. The lowest BCUT2D eigenvalue weighted by molar-refractivity contribution is -0.132. The molecular formula is C15H30N2O. The molecule has 0 spiro atoms. The van der Waals surface area contributed by atoms with Crippen molar-refractivity contribution in [3.8, 4) is 0 Å². The lowest BCUT2D eigenvalue weighted by atomic mass is 9.89. The van der Waals surface area contributed by atoms with Gasteiger partial charge in [0, 0.05) is 6.54 Å². The molecule has 0 radical (unpaired) electrons. The van der Waals surface area contributed by atoms with E-state index in [1.54, 1.807) is 0 Å². The highest BCUT2D eigenvalue weighted by Gasteiger charge is 2.42. The Balaban J connectivity index is 2.88. The van der Waals surface area contributed by atoms with Gasteiger partial charge < -0.3 is 4.90 Å². The number of nitrogens with zero attached hydrogens (tertiary/aromatic N) is 1. The van der Waals surface area contributed by atoms with E-state index in [0.717, 1.165) is 13.0 Å². The summed E-state index contributed by atoms with van der Waals surface area (Å²) < 4.78 is 0. The predicted octanol–water partition coefficient (Wildman–Crippen LogP) is 2.86. The van der Waals surface area contributed by atoms with Crippen molar-refractivity contribution in [1.82, 2.24) is 10.2 Å². The molecular weight excluding hydrogens is 224 g/mol. The summed E-state index contributed by atoms with van der Waals surface area (Å²) in [6, 6.07) is -0.00921. The molecule has 1 aliphatic rings. The minimum atomic E-state index is -0.00921. The van der Waals surface area contributed by atoms with Gasteiger partial charge in [-0.15, -0.1) is 0 Å². The average molecular weight is 254 g/mol. The molecule has 0 aromatic carbocycles. The first-order valence-corrected chi connectivity index (χ1v) is 7.26. The first-order valence-electron chi connectivity index (χ1n) is 7.26. The Morgan fingerprint density at radius 3 is 2.17 bits per heavy atom. The van der Waals surface area contributed by atoms with Crippen LogP contribution in [0.2, 0.25) is 0 Å².